The van der Waals surface area contributed by atoms with Crippen molar-refractivity contribution in [3.8, 4) is 0 Å². The van der Waals surface area contributed by atoms with E-state index in [2.05, 4.69) is 15.4 Å². The van der Waals surface area contributed by atoms with E-state index in [1.807, 2.05) is 53.7 Å². The summed E-state index contributed by atoms with van der Waals surface area (Å²) in [6.07, 6.45) is 4.27. The van der Waals surface area contributed by atoms with Gasteiger partial charge >= 0.3 is 0 Å². The average Bonchev–Trinajstić information content (AvgIpc) is 3.59. The zero-order valence-corrected chi connectivity index (χ0v) is 18.4. The smallest absolute Gasteiger partial charge is 0.274 e. The second-order valence-electron chi connectivity index (χ2n) is 7.70. The van der Waals surface area contributed by atoms with Crippen molar-refractivity contribution in [2.75, 3.05) is 18.4 Å². The van der Waals surface area contributed by atoms with E-state index in [-0.39, 0.29) is 17.7 Å². The van der Waals surface area contributed by atoms with Gasteiger partial charge in [-0.3, -0.25) is 24.6 Å². The lowest BCUT2D eigenvalue weighted by Gasteiger charge is -2.16. The maximum Gasteiger partial charge on any atom is 0.274 e. The number of para-hydroxylation sites is 1. The number of hydrogen-bond donors (Lipinski definition) is 1. The van der Waals surface area contributed by atoms with Gasteiger partial charge in [0.2, 0.25) is 0 Å². The molecule has 0 aliphatic carbocycles. The molecule has 4 aromatic rings. The largest absolute Gasteiger partial charge is 0.337 e. The molecular weight excluding hydrogens is 424 g/mol. The number of aryl methyl sites for hydroxylation is 1. The Balaban J connectivity index is 1.41. The summed E-state index contributed by atoms with van der Waals surface area (Å²) in [5.41, 5.74) is 2.61. The fourth-order valence-corrected chi connectivity index (χ4v) is 4.57. The van der Waals surface area contributed by atoms with Crippen LogP contribution in [0.4, 0.5) is 5.13 Å². The molecule has 32 heavy (non-hydrogen) atoms. The molecule has 1 aromatic carbocycles. The molecule has 0 radical (unpaired) electrons. The van der Waals surface area contributed by atoms with Crippen molar-refractivity contribution >= 4 is 39.2 Å². The molecule has 1 atom stereocenters. The molecule has 4 heterocycles. The first-order valence-electron chi connectivity index (χ1n) is 10.6. The minimum atomic E-state index is -0.212. The third-order valence-electron chi connectivity index (χ3n) is 5.71. The number of carbonyl (C=O) groups is 2. The minimum Gasteiger partial charge on any atom is -0.337 e. The monoisotopic (exact) mass is 446 g/mol. The van der Waals surface area contributed by atoms with Gasteiger partial charge in [-0.2, -0.15) is 5.10 Å². The first-order valence-corrected chi connectivity index (χ1v) is 11.4. The van der Waals surface area contributed by atoms with Crippen LogP contribution in [0.1, 0.15) is 45.8 Å². The molecule has 1 aliphatic heterocycles. The molecule has 8 nitrogen and oxygen atoms in total. The molecule has 5 rings (SSSR count). The number of hydrogen-bond acceptors (Lipinski definition) is 6. The highest BCUT2D eigenvalue weighted by atomic mass is 32.1. The maximum atomic E-state index is 13.0. The quantitative estimate of drug-likeness (QED) is 0.503. The van der Waals surface area contributed by atoms with Gasteiger partial charge in [-0.15, -0.1) is 11.3 Å². The molecule has 3 aromatic heterocycles. The number of thiazole rings is 1. The van der Waals surface area contributed by atoms with Gasteiger partial charge in [0, 0.05) is 54.4 Å². The number of nitrogens with zero attached hydrogens (tertiary/aromatic N) is 5. The Kier molecular flexibility index (Phi) is 5.40. The number of amides is 2. The van der Waals surface area contributed by atoms with Crippen LogP contribution < -0.4 is 5.32 Å². The van der Waals surface area contributed by atoms with E-state index in [0.717, 1.165) is 29.6 Å². The number of carbonyl (C=O) groups excluding carboxylic acids is 2. The molecular formula is C23H22N6O2S. The van der Waals surface area contributed by atoms with Gasteiger partial charge in [0.05, 0.1) is 11.1 Å². The number of aromatic nitrogens is 4. The van der Waals surface area contributed by atoms with Crippen molar-refractivity contribution in [1.29, 1.82) is 0 Å². The second kappa shape index (κ2) is 8.51. The summed E-state index contributed by atoms with van der Waals surface area (Å²) < 4.78 is 1.75. The first-order chi connectivity index (χ1) is 15.6. The Morgan fingerprint density at radius 1 is 1.25 bits per heavy atom. The van der Waals surface area contributed by atoms with Crippen LogP contribution in [-0.4, -0.2) is 49.6 Å². The zero-order chi connectivity index (χ0) is 22.1. The molecule has 0 spiro atoms. The number of nitrogens with one attached hydrogen (secondary N) is 1. The van der Waals surface area contributed by atoms with Crippen molar-refractivity contribution < 1.29 is 9.59 Å². The standard InChI is InChI=1S/C23H22N6O2S/c1-2-29-11-8-19(27-29)22(31)28-10-7-15(14-28)20-13-17(16-5-3-4-6-18(16)25-20)21(30)26-23-24-9-12-32-23/h3-6,8-9,11-13,15H,2,7,10,14H2,1H3,(H,24,26,30). The van der Waals surface area contributed by atoms with Crippen LogP contribution in [0.25, 0.3) is 10.9 Å². The van der Waals surface area contributed by atoms with Gasteiger partial charge in [0.15, 0.2) is 5.13 Å². The van der Waals surface area contributed by atoms with Gasteiger partial charge in [-0.25, -0.2) is 4.98 Å². The number of benzene rings is 1. The van der Waals surface area contributed by atoms with Crippen LogP contribution in [-0.2, 0) is 6.54 Å². The normalized spacial score (nSPS) is 15.9. The maximum absolute atomic E-state index is 13.0. The lowest BCUT2D eigenvalue weighted by molar-refractivity contribution is 0.0783. The highest BCUT2D eigenvalue weighted by Gasteiger charge is 2.30. The molecule has 1 aliphatic rings. The van der Waals surface area contributed by atoms with Crippen LogP contribution in [0.3, 0.4) is 0 Å². The predicted octanol–water partition coefficient (Wildman–Crippen LogP) is 3.79. The van der Waals surface area contributed by atoms with Crippen molar-refractivity contribution in [1.82, 2.24) is 24.6 Å². The number of fused-ring (bicyclic) bond motifs is 1. The van der Waals surface area contributed by atoms with E-state index in [9.17, 15) is 9.59 Å². The third kappa shape index (κ3) is 3.87. The number of likely N-dealkylation sites (tertiary alicyclic amines) is 1. The van der Waals surface area contributed by atoms with Crippen LogP contribution in [0.2, 0.25) is 0 Å². The van der Waals surface area contributed by atoms with E-state index in [1.54, 1.807) is 16.9 Å². The van der Waals surface area contributed by atoms with E-state index in [1.165, 1.54) is 11.3 Å². The fraction of sp³-hybridized carbons (Fsp3) is 0.261. The Morgan fingerprint density at radius 2 is 2.12 bits per heavy atom. The Bertz CT molecular complexity index is 1280. The first kappa shape index (κ1) is 20.3. The van der Waals surface area contributed by atoms with Crippen LogP contribution in [0.5, 0.6) is 0 Å². The SMILES string of the molecule is CCn1ccc(C(=O)N2CCC(c3cc(C(=O)Nc4nccs4)c4ccccc4n3)C2)n1. The van der Waals surface area contributed by atoms with Gasteiger partial charge < -0.3 is 4.90 Å². The highest BCUT2D eigenvalue weighted by Crippen LogP contribution is 2.30. The number of rotatable bonds is 5. The molecule has 0 bridgehead atoms. The molecule has 162 valence electrons. The topological polar surface area (TPSA) is 93.0 Å². The van der Waals surface area contributed by atoms with E-state index >= 15 is 0 Å². The van der Waals surface area contributed by atoms with Gasteiger partial charge in [0.25, 0.3) is 11.8 Å². The zero-order valence-electron chi connectivity index (χ0n) is 17.6. The molecule has 9 heteroatoms. The molecule has 1 N–H and O–H groups in total. The van der Waals surface area contributed by atoms with E-state index < -0.39 is 0 Å². The predicted molar refractivity (Wildman–Crippen MR) is 123 cm³/mol. The summed E-state index contributed by atoms with van der Waals surface area (Å²) in [5, 5.41) is 10.4. The van der Waals surface area contributed by atoms with E-state index in [0.29, 0.717) is 29.5 Å². The Hall–Kier alpha value is -3.59. The van der Waals surface area contributed by atoms with E-state index in [4.69, 9.17) is 4.98 Å². The highest BCUT2D eigenvalue weighted by molar-refractivity contribution is 7.13. The molecule has 1 saturated heterocycles. The lowest BCUT2D eigenvalue weighted by Crippen LogP contribution is -2.29. The fourth-order valence-electron chi connectivity index (χ4n) is 4.04. The number of pyridine rings is 1. The van der Waals surface area contributed by atoms with Crippen LogP contribution >= 0.6 is 11.3 Å². The summed E-state index contributed by atoms with van der Waals surface area (Å²) in [7, 11) is 0. The van der Waals surface area contributed by atoms with Crippen LogP contribution in [0, 0.1) is 0 Å². The molecule has 1 unspecified atom stereocenters. The van der Waals surface area contributed by atoms with Gasteiger partial charge in [0.1, 0.15) is 5.69 Å². The summed E-state index contributed by atoms with van der Waals surface area (Å²) in [5.74, 6) is -0.221. The summed E-state index contributed by atoms with van der Waals surface area (Å²) >= 11 is 1.38. The molecule has 1 fully saturated rings. The molecule has 0 saturated carbocycles. The summed E-state index contributed by atoms with van der Waals surface area (Å²) in [6.45, 7) is 3.90. The van der Waals surface area contributed by atoms with Gasteiger partial charge in [-0.1, -0.05) is 18.2 Å². The Morgan fingerprint density at radius 3 is 2.91 bits per heavy atom. The average molecular weight is 447 g/mol. The minimum absolute atomic E-state index is 0.0585. The van der Waals surface area contributed by atoms with Gasteiger partial charge in [-0.05, 0) is 31.5 Å². The molecule has 2 amide bonds. The number of anilines is 1. The summed E-state index contributed by atoms with van der Waals surface area (Å²) in [6, 6.07) is 11.2. The Labute approximate surface area is 188 Å². The van der Waals surface area contributed by atoms with Crippen LogP contribution in [0.15, 0.2) is 54.2 Å². The van der Waals surface area contributed by atoms with Crippen molar-refractivity contribution in [3.05, 3.63) is 71.1 Å². The second-order valence-corrected chi connectivity index (χ2v) is 8.59. The van der Waals surface area contributed by atoms with Crippen molar-refractivity contribution in [2.24, 2.45) is 0 Å². The third-order valence-corrected chi connectivity index (χ3v) is 6.40. The lowest BCUT2D eigenvalue weighted by atomic mass is 9.99. The summed E-state index contributed by atoms with van der Waals surface area (Å²) in [4.78, 5) is 36.7. The van der Waals surface area contributed by atoms with Crippen molar-refractivity contribution in [3.63, 3.8) is 0 Å². The van der Waals surface area contributed by atoms with Crippen molar-refractivity contribution in [2.45, 2.75) is 25.8 Å².